The second kappa shape index (κ2) is 7.89. The van der Waals surface area contributed by atoms with Gasteiger partial charge in [0.2, 0.25) is 0 Å². The maximum absolute atomic E-state index is 12.3. The molecule has 6 nitrogen and oxygen atoms in total. The summed E-state index contributed by atoms with van der Waals surface area (Å²) < 4.78 is 16.4. The molecular formula is C17H31NO5S. The lowest BCUT2D eigenvalue weighted by Gasteiger charge is -2.44. The summed E-state index contributed by atoms with van der Waals surface area (Å²) in [5, 5.41) is 2.59. The van der Waals surface area contributed by atoms with Crippen molar-refractivity contribution in [2.24, 2.45) is 5.41 Å². The third-order valence-corrected chi connectivity index (χ3v) is 4.92. The molecule has 0 saturated carbocycles. The van der Waals surface area contributed by atoms with E-state index in [4.69, 9.17) is 14.2 Å². The van der Waals surface area contributed by atoms with Crippen LogP contribution in [-0.2, 0) is 23.8 Å². The van der Waals surface area contributed by atoms with E-state index in [1.807, 2.05) is 13.8 Å². The van der Waals surface area contributed by atoms with E-state index in [1.54, 1.807) is 13.8 Å². The van der Waals surface area contributed by atoms with Crippen molar-refractivity contribution in [3.8, 4) is 0 Å². The molecule has 1 rings (SSSR count). The molecule has 0 aromatic heterocycles. The zero-order valence-corrected chi connectivity index (χ0v) is 16.6. The van der Waals surface area contributed by atoms with Gasteiger partial charge in [0, 0.05) is 23.4 Å². The number of hydrogen-bond donors (Lipinski definition) is 1. The normalized spacial score (nSPS) is 23.7. The average Bonchev–Trinajstić information content (AvgIpc) is 2.40. The van der Waals surface area contributed by atoms with Crippen LogP contribution in [0.3, 0.4) is 0 Å². The summed E-state index contributed by atoms with van der Waals surface area (Å²) >= 11 is 0. The molecular weight excluding hydrogens is 330 g/mol. The second-order valence-electron chi connectivity index (χ2n) is 7.98. The van der Waals surface area contributed by atoms with E-state index in [0.29, 0.717) is 13.2 Å². The van der Waals surface area contributed by atoms with Gasteiger partial charge in [-0.2, -0.15) is 0 Å². The summed E-state index contributed by atoms with van der Waals surface area (Å²) in [5.74, 6) is -0.723. The highest BCUT2D eigenvalue weighted by Crippen LogP contribution is 2.35. The minimum Gasteiger partial charge on any atom is -0.462 e. The lowest BCUT2D eigenvalue weighted by molar-refractivity contribution is -0.303. The zero-order chi connectivity index (χ0) is 18.6. The molecule has 0 aromatic rings. The van der Waals surface area contributed by atoms with Gasteiger partial charge in [0.05, 0.1) is 13.2 Å². The van der Waals surface area contributed by atoms with Gasteiger partial charge in [0.15, 0.2) is 5.79 Å². The summed E-state index contributed by atoms with van der Waals surface area (Å²) in [6.07, 6.45) is 8.34. The predicted octanol–water partition coefficient (Wildman–Crippen LogP) is 2.03. The van der Waals surface area contributed by atoms with Crippen molar-refractivity contribution in [1.82, 2.24) is 5.32 Å². The lowest BCUT2D eigenvalue weighted by atomic mass is 9.85. The molecule has 140 valence electrons. The molecule has 1 heterocycles. The highest BCUT2D eigenvalue weighted by molar-refractivity contribution is 8.32. The largest absolute Gasteiger partial charge is 0.462 e. The molecule has 1 aliphatic rings. The fourth-order valence-electron chi connectivity index (χ4n) is 2.03. The Balaban J connectivity index is 2.48. The van der Waals surface area contributed by atoms with E-state index in [0.717, 1.165) is 5.75 Å². The van der Waals surface area contributed by atoms with Gasteiger partial charge in [-0.3, -0.25) is 4.79 Å². The zero-order valence-electron chi connectivity index (χ0n) is 15.8. The van der Waals surface area contributed by atoms with Crippen LogP contribution in [0.4, 0.5) is 0 Å². The predicted molar refractivity (Wildman–Crippen MR) is 97.2 cm³/mol. The number of carbonyl (C=O) groups excluding carboxylic acids is 2. The number of rotatable bonds is 6. The third-order valence-electron chi connectivity index (χ3n) is 3.53. The molecule has 0 bridgehead atoms. The van der Waals surface area contributed by atoms with Crippen LogP contribution in [0.5, 0.6) is 0 Å². The van der Waals surface area contributed by atoms with E-state index in [2.05, 4.69) is 24.1 Å². The maximum Gasteiger partial charge on any atom is 0.332 e. The van der Waals surface area contributed by atoms with Gasteiger partial charge in [-0.25, -0.2) is 14.8 Å². The van der Waals surface area contributed by atoms with E-state index in [9.17, 15) is 9.59 Å². The Kier molecular flexibility index (Phi) is 6.90. The van der Waals surface area contributed by atoms with Crippen molar-refractivity contribution in [2.45, 2.75) is 39.6 Å². The van der Waals surface area contributed by atoms with Crippen molar-refractivity contribution in [3.05, 3.63) is 12.3 Å². The molecule has 0 spiro atoms. The van der Waals surface area contributed by atoms with Crippen molar-refractivity contribution in [1.29, 1.82) is 0 Å². The van der Waals surface area contributed by atoms with Crippen LogP contribution in [0.2, 0.25) is 0 Å². The fourth-order valence-corrected chi connectivity index (χ4v) is 2.61. The number of esters is 1. The van der Waals surface area contributed by atoms with Crippen LogP contribution in [0.25, 0.3) is 0 Å². The molecule has 1 N–H and O–H groups in total. The lowest BCUT2D eigenvalue weighted by Crippen LogP contribution is -2.55. The second-order valence-corrected chi connectivity index (χ2v) is 12.6. The van der Waals surface area contributed by atoms with Crippen LogP contribution < -0.4 is 5.32 Å². The SMILES string of the molecule is CC1(C)OCC(C)(C)C(C(=O)N/C=C\C(=O)OCCS(C)(C)C)O1. The average molecular weight is 362 g/mol. The molecule has 1 fully saturated rings. The number of nitrogens with one attached hydrogen (secondary N) is 1. The minimum absolute atomic E-state index is 0.306. The number of hydrogen-bond acceptors (Lipinski definition) is 5. The molecule has 0 radical (unpaired) electrons. The van der Waals surface area contributed by atoms with Crippen molar-refractivity contribution in [2.75, 3.05) is 37.7 Å². The Morgan fingerprint density at radius 3 is 2.46 bits per heavy atom. The Labute approximate surface area is 146 Å². The Hall–Kier alpha value is -1.05. The van der Waals surface area contributed by atoms with Crippen molar-refractivity contribution >= 4 is 21.9 Å². The molecule has 1 unspecified atom stereocenters. The Bertz CT molecular complexity index is 494. The first kappa shape index (κ1) is 21.0. The van der Waals surface area contributed by atoms with E-state index >= 15 is 0 Å². The highest BCUT2D eigenvalue weighted by atomic mass is 32.3. The Morgan fingerprint density at radius 1 is 1.25 bits per heavy atom. The van der Waals surface area contributed by atoms with Crippen LogP contribution >= 0.6 is 10.0 Å². The molecule has 1 atom stereocenters. The highest BCUT2D eigenvalue weighted by Gasteiger charge is 2.45. The smallest absolute Gasteiger partial charge is 0.332 e. The summed E-state index contributed by atoms with van der Waals surface area (Å²) in [5.41, 5.74) is -0.455. The number of carbonyl (C=O) groups is 2. The van der Waals surface area contributed by atoms with E-state index in [-0.39, 0.29) is 5.91 Å². The van der Waals surface area contributed by atoms with Gasteiger partial charge in [-0.1, -0.05) is 13.8 Å². The van der Waals surface area contributed by atoms with E-state index in [1.165, 1.54) is 12.3 Å². The Morgan fingerprint density at radius 2 is 1.88 bits per heavy atom. The van der Waals surface area contributed by atoms with Gasteiger partial charge < -0.3 is 19.5 Å². The van der Waals surface area contributed by atoms with Crippen molar-refractivity contribution < 1.29 is 23.8 Å². The first-order chi connectivity index (χ1) is 10.8. The van der Waals surface area contributed by atoms with Gasteiger partial charge in [-0.05, 0) is 32.6 Å². The fraction of sp³-hybridized carbons (Fsp3) is 0.765. The summed E-state index contributed by atoms with van der Waals surface area (Å²) in [4.78, 5) is 24.0. The molecule has 0 aromatic carbocycles. The molecule has 0 aliphatic carbocycles. The van der Waals surface area contributed by atoms with Crippen LogP contribution in [0.1, 0.15) is 27.7 Å². The molecule has 1 saturated heterocycles. The summed E-state index contributed by atoms with van der Waals surface area (Å²) in [6, 6.07) is 0. The quantitative estimate of drug-likeness (QED) is 0.579. The molecule has 7 heteroatoms. The van der Waals surface area contributed by atoms with Crippen molar-refractivity contribution in [3.63, 3.8) is 0 Å². The summed E-state index contributed by atoms with van der Waals surface area (Å²) in [6.45, 7) is 8.15. The third kappa shape index (κ3) is 7.23. The standard InChI is InChI=1S/C17H31NO5S/c1-16(2)12-22-17(3,4)23-14(16)15(20)18-9-8-13(19)21-10-11-24(5,6)7/h8-9,14H,10-12H2,1-7H3,(H,18,20)/b9-8-. The first-order valence-corrected chi connectivity index (χ1v) is 11.0. The molecule has 1 aliphatic heterocycles. The van der Waals surface area contributed by atoms with Gasteiger partial charge in [-0.15, -0.1) is 0 Å². The van der Waals surface area contributed by atoms with Gasteiger partial charge in [0.25, 0.3) is 5.91 Å². The van der Waals surface area contributed by atoms with Gasteiger partial charge in [0.1, 0.15) is 6.10 Å². The van der Waals surface area contributed by atoms with E-state index < -0.39 is 33.3 Å². The van der Waals surface area contributed by atoms with Gasteiger partial charge >= 0.3 is 5.97 Å². The monoisotopic (exact) mass is 361 g/mol. The molecule has 1 amide bonds. The molecule has 24 heavy (non-hydrogen) atoms. The number of ether oxygens (including phenoxy) is 3. The van der Waals surface area contributed by atoms with Crippen LogP contribution in [0.15, 0.2) is 12.3 Å². The summed E-state index contributed by atoms with van der Waals surface area (Å²) in [7, 11) is -0.692. The van der Waals surface area contributed by atoms with Crippen LogP contribution in [0, 0.1) is 5.41 Å². The maximum atomic E-state index is 12.3. The topological polar surface area (TPSA) is 73.9 Å². The van der Waals surface area contributed by atoms with Crippen LogP contribution in [-0.4, -0.2) is 61.5 Å². The number of amides is 1. The first-order valence-electron chi connectivity index (χ1n) is 7.94. The minimum atomic E-state index is -0.810.